The number of carbonyl (C=O) groups is 2. The van der Waals surface area contributed by atoms with Crippen LogP contribution in [0.25, 0.3) is 0 Å². The number of carbonyl (C=O) groups excluding carboxylic acids is 2. The predicted molar refractivity (Wildman–Crippen MR) is 40.3 cm³/mol. The Bertz CT molecular complexity index is 183. The molecule has 12 heavy (non-hydrogen) atoms. The smallest absolute Gasteiger partial charge is 0.302 e. The van der Waals surface area contributed by atoms with E-state index in [1.165, 1.54) is 6.92 Å². The monoisotopic (exact) mass is 172 g/mol. The van der Waals surface area contributed by atoms with Gasteiger partial charge in [-0.25, -0.2) is 0 Å². The third kappa shape index (κ3) is 2.53. The van der Waals surface area contributed by atoms with Crippen molar-refractivity contribution in [3.63, 3.8) is 0 Å². The molecule has 1 rings (SSSR count). The minimum absolute atomic E-state index is 0.0629. The van der Waals surface area contributed by atoms with E-state index in [0.717, 1.165) is 12.8 Å². The molecule has 4 nitrogen and oxygen atoms in total. The molecular weight excluding hydrogens is 160 g/mol. The van der Waals surface area contributed by atoms with Gasteiger partial charge < -0.3 is 9.47 Å². The van der Waals surface area contributed by atoms with Crippen LogP contribution in [-0.4, -0.2) is 25.7 Å². The van der Waals surface area contributed by atoms with Gasteiger partial charge >= 0.3 is 5.97 Å². The molecule has 0 aromatic carbocycles. The van der Waals surface area contributed by atoms with Crippen molar-refractivity contribution in [1.82, 2.24) is 0 Å². The van der Waals surface area contributed by atoms with E-state index >= 15 is 0 Å². The Morgan fingerprint density at radius 1 is 1.50 bits per heavy atom. The van der Waals surface area contributed by atoms with E-state index in [0.29, 0.717) is 19.7 Å². The first-order chi connectivity index (χ1) is 5.68. The van der Waals surface area contributed by atoms with E-state index < -0.39 is 0 Å². The van der Waals surface area contributed by atoms with Gasteiger partial charge in [-0.3, -0.25) is 9.59 Å². The lowest BCUT2D eigenvalue weighted by Gasteiger charge is -2.12. The van der Waals surface area contributed by atoms with Gasteiger partial charge in [0.25, 0.3) is 6.47 Å². The molecule has 4 heteroatoms. The van der Waals surface area contributed by atoms with Crippen molar-refractivity contribution >= 4 is 12.4 Å². The van der Waals surface area contributed by atoms with Crippen molar-refractivity contribution in [1.29, 1.82) is 0 Å². The average Bonchev–Trinajstić information content (AvgIpc) is 2.79. The summed E-state index contributed by atoms with van der Waals surface area (Å²) in [5, 5.41) is 0. The Morgan fingerprint density at radius 2 is 2.17 bits per heavy atom. The number of rotatable bonds is 5. The summed E-state index contributed by atoms with van der Waals surface area (Å²) >= 11 is 0. The van der Waals surface area contributed by atoms with E-state index in [4.69, 9.17) is 4.74 Å². The highest BCUT2D eigenvalue weighted by molar-refractivity contribution is 5.65. The third-order valence-corrected chi connectivity index (χ3v) is 2.00. The van der Waals surface area contributed by atoms with Gasteiger partial charge in [0.1, 0.15) is 6.61 Å². The number of ether oxygens (including phenoxy) is 2. The van der Waals surface area contributed by atoms with Gasteiger partial charge in [0.05, 0.1) is 6.61 Å². The summed E-state index contributed by atoms with van der Waals surface area (Å²) in [7, 11) is 0. The van der Waals surface area contributed by atoms with Gasteiger partial charge in [-0.1, -0.05) is 0 Å². The zero-order valence-corrected chi connectivity index (χ0v) is 7.04. The largest absolute Gasteiger partial charge is 0.467 e. The molecule has 1 fully saturated rings. The highest BCUT2D eigenvalue weighted by Crippen LogP contribution is 2.45. The van der Waals surface area contributed by atoms with Gasteiger partial charge in [0.2, 0.25) is 0 Å². The van der Waals surface area contributed by atoms with Crippen molar-refractivity contribution in [2.45, 2.75) is 19.8 Å². The lowest BCUT2D eigenvalue weighted by atomic mass is 10.1. The van der Waals surface area contributed by atoms with Gasteiger partial charge in [-0.2, -0.15) is 0 Å². The van der Waals surface area contributed by atoms with E-state index in [1.807, 2.05) is 0 Å². The average molecular weight is 172 g/mol. The summed E-state index contributed by atoms with van der Waals surface area (Å²) in [6.07, 6.45) is 1.93. The van der Waals surface area contributed by atoms with Crippen molar-refractivity contribution in [3.8, 4) is 0 Å². The van der Waals surface area contributed by atoms with Crippen LogP contribution in [0.2, 0.25) is 0 Å². The fourth-order valence-corrected chi connectivity index (χ4v) is 0.973. The molecule has 0 unspecified atom stereocenters. The summed E-state index contributed by atoms with van der Waals surface area (Å²) in [6, 6.07) is 0. The van der Waals surface area contributed by atoms with E-state index in [1.54, 1.807) is 0 Å². The summed E-state index contributed by atoms with van der Waals surface area (Å²) in [5.41, 5.74) is -0.0629. The second-order valence-corrected chi connectivity index (χ2v) is 3.19. The van der Waals surface area contributed by atoms with Crippen LogP contribution >= 0.6 is 0 Å². The first-order valence-corrected chi connectivity index (χ1v) is 3.87. The molecule has 68 valence electrons. The molecule has 0 bridgehead atoms. The number of hydrogen-bond acceptors (Lipinski definition) is 4. The van der Waals surface area contributed by atoms with Crippen LogP contribution in [0.4, 0.5) is 0 Å². The summed E-state index contributed by atoms with van der Waals surface area (Å²) in [6.45, 7) is 2.53. The molecule has 0 atom stereocenters. The third-order valence-electron chi connectivity index (χ3n) is 2.00. The Labute approximate surface area is 70.8 Å². The number of esters is 1. The first kappa shape index (κ1) is 9.03. The second kappa shape index (κ2) is 3.56. The maximum Gasteiger partial charge on any atom is 0.302 e. The van der Waals surface area contributed by atoms with Crippen LogP contribution in [0.1, 0.15) is 19.8 Å². The topological polar surface area (TPSA) is 52.6 Å². The van der Waals surface area contributed by atoms with Gasteiger partial charge in [0, 0.05) is 12.3 Å². The lowest BCUT2D eigenvalue weighted by Crippen LogP contribution is -2.18. The molecule has 0 spiro atoms. The lowest BCUT2D eigenvalue weighted by molar-refractivity contribution is -0.144. The highest BCUT2D eigenvalue weighted by Gasteiger charge is 2.44. The van der Waals surface area contributed by atoms with Crippen LogP contribution in [-0.2, 0) is 19.1 Å². The fraction of sp³-hybridized carbons (Fsp3) is 0.750. The van der Waals surface area contributed by atoms with Crippen LogP contribution in [0.3, 0.4) is 0 Å². The van der Waals surface area contributed by atoms with Crippen molar-refractivity contribution < 1.29 is 19.1 Å². The molecule has 0 aromatic heterocycles. The molecule has 1 aliphatic rings. The summed E-state index contributed by atoms with van der Waals surface area (Å²) < 4.78 is 9.45. The molecular formula is C8H12O4. The zero-order chi connectivity index (χ0) is 9.03. The minimum atomic E-state index is -0.285. The van der Waals surface area contributed by atoms with Crippen molar-refractivity contribution in [3.05, 3.63) is 0 Å². The van der Waals surface area contributed by atoms with Gasteiger partial charge in [0.15, 0.2) is 0 Å². The Hall–Kier alpha value is -1.06. The normalized spacial score (nSPS) is 18.1. The highest BCUT2D eigenvalue weighted by atomic mass is 16.5. The zero-order valence-electron chi connectivity index (χ0n) is 7.04. The molecule has 0 saturated heterocycles. The van der Waals surface area contributed by atoms with Crippen LogP contribution < -0.4 is 0 Å². The maximum absolute atomic E-state index is 10.5. The predicted octanol–water partition coefficient (Wildman–Crippen LogP) is 0.503. The van der Waals surface area contributed by atoms with E-state index in [-0.39, 0.29) is 11.4 Å². The molecule has 0 heterocycles. The summed E-state index contributed by atoms with van der Waals surface area (Å²) in [4.78, 5) is 20.3. The van der Waals surface area contributed by atoms with E-state index in [9.17, 15) is 9.59 Å². The minimum Gasteiger partial charge on any atom is -0.467 e. The Kier molecular flexibility index (Phi) is 2.68. The SMILES string of the molecule is CC(=O)OCC1(COC=O)CC1. The molecule has 1 saturated carbocycles. The first-order valence-electron chi connectivity index (χ1n) is 3.87. The van der Waals surface area contributed by atoms with E-state index in [2.05, 4.69) is 4.74 Å². The molecule has 0 N–H and O–H groups in total. The van der Waals surface area contributed by atoms with Crippen molar-refractivity contribution in [2.24, 2.45) is 5.41 Å². The van der Waals surface area contributed by atoms with Gasteiger partial charge in [-0.05, 0) is 12.8 Å². The summed E-state index contributed by atoms with van der Waals surface area (Å²) in [5.74, 6) is -0.285. The Morgan fingerprint density at radius 3 is 2.58 bits per heavy atom. The quantitative estimate of drug-likeness (QED) is 0.447. The van der Waals surface area contributed by atoms with Crippen LogP contribution in [0.15, 0.2) is 0 Å². The molecule has 0 amide bonds. The second-order valence-electron chi connectivity index (χ2n) is 3.19. The maximum atomic E-state index is 10.5. The van der Waals surface area contributed by atoms with Crippen LogP contribution in [0, 0.1) is 5.41 Å². The molecule has 0 aromatic rings. The molecule has 0 radical (unpaired) electrons. The molecule has 1 aliphatic carbocycles. The van der Waals surface area contributed by atoms with Crippen molar-refractivity contribution in [2.75, 3.05) is 13.2 Å². The standard InChI is InChI=1S/C8H12O4/c1-7(10)12-5-8(2-3-8)4-11-6-9/h6H,2-5H2,1H3. The van der Waals surface area contributed by atoms with Crippen LogP contribution in [0.5, 0.6) is 0 Å². The fourth-order valence-electron chi connectivity index (χ4n) is 0.973. The van der Waals surface area contributed by atoms with Gasteiger partial charge in [-0.15, -0.1) is 0 Å². The Balaban J connectivity index is 2.20. The molecule has 0 aliphatic heterocycles. The number of hydrogen-bond donors (Lipinski definition) is 0.